The van der Waals surface area contributed by atoms with Crippen molar-refractivity contribution in [2.45, 2.75) is 6.42 Å². The molecule has 1 aromatic rings. The highest BCUT2D eigenvalue weighted by molar-refractivity contribution is 6.30. The molecule has 0 radical (unpaired) electrons. The van der Waals surface area contributed by atoms with Crippen LogP contribution in [0.25, 0.3) is 0 Å². The number of hydrogen-bond donors (Lipinski definition) is 0. The van der Waals surface area contributed by atoms with E-state index in [2.05, 4.69) is 0 Å². The van der Waals surface area contributed by atoms with Gasteiger partial charge in [-0.15, -0.1) is 0 Å². The third-order valence-electron chi connectivity index (χ3n) is 2.15. The Kier molecular flexibility index (Phi) is 4.72. The van der Waals surface area contributed by atoms with Crippen molar-refractivity contribution >= 4 is 17.9 Å². The summed E-state index contributed by atoms with van der Waals surface area (Å²) in [5.41, 5.74) is 0.971. The van der Waals surface area contributed by atoms with E-state index in [-0.39, 0.29) is 5.02 Å². The summed E-state index contributed by atoms with van der Waals surface area (Å²) in [6.45, 7) is 1.16. The molecule has 0 saturated heterocycles. The SMILES string of the molecule is CN(CC=O)CCc1ccc(F)c(Cl)c1. The van der Waals surface area contributed by atoms with E-state index < -0.39 is 5.82 Å². The summed E-state index contributed by atoms with van der Waals surface area (Å²) in [5, 5.41) is 0.144. The average molecular weight is 230 g/mol. The highest BCUT2D eigenvalue weighted by atomic mass is 35.5. The predicted octanol–water partition coefficient (Wildman–Crippen LogP) is 2.15. The van der Waals surface area contributed by atoms with Crippen LogP contribution in [0.5, 0.6) is 0 Å². The zero-order chi connectivity index (χ0) is 11.3. The fourth-order valence-corrected chi connectivity index (χ4v) is 1.44. The molecule has 0 amide bonds. The van der Waals surface area contributed by atoms with Crippen molar-refractivity contribution in [1.82, 2.24) is 4.90 Å². The summed E-state index contributed by atoms with van der Waals surface area (Å²) in [4.78, 5) is 12.1. The molecule has 0 fully saturated rings. The summed E-state index contributed by atoms with van der Waals surface area (Å²) in [5.74, 6) is -0.401. The van der Waals surface area contributed by atoms with Gasteiger partial charge in [0.05, 0.1) is 11.6 Å². The van der Waals surface area contributed by atoms with Crippen LogP contribution in [0.2, 0.25) is 5.02 Å². The number of likely N-dealkylation sites (N-methyl/N-ethyl adjacent to an activating group) is 1. The number of carbonyl (C=O) groups excluding carboxylic acids is 1. The second-order valence-corrected chi connectivity index (χ2v) is 3.83. The fraction of sp³-hybridized carbons (Fsp3) is 0.364. The standard InChI is InChI=1S/C11H13ClFNO/c1-14(6-7-15)5-4-9-2-3-11(13)10(12)8-9/h2-3,7-8H,4-6H2,1H3. The Morgan fingerprint density at radius 2 is 2.27 bits per heavy atom. The Bertz CT molecular complexity index is 343. The number of rotatable bonds is 5. The quantitative estimate of drug-likeness (QED) is 0.722. The maximum atomic E-state index is 12.8. The predicted molar refractivity (Wildman–Crippen MR) is 58.7 cm³/mol. The molecule has 0 aliphatic rings. The molecule has 15 heavy (non-hydrogen) atoms. The van der Waals surface area contributed by atoms with E-state index in [0.29, 0.717) is 6.54 Å². The molecule has 0 atom stereocenters. The van der Waals surface area contributed by atoms with E-state index >= 15 is 0 Å². The number of halogens is 2. The van der Waals surface area contributed by atoms with Crippen LogP contribution in [0, 0.1) is 5.82 Å². The van der Waals surface area contributed by atoms with Crippen molar-refractivity contribution in [3.05, 3.63) is 34.6 Å². The highest BCUT2D eigenvalue weighted by Gasteiger charge is 2.02. The van der Waals surface area contributed by atoms with Crippen molar-refractivity contribution in [3.63, 3.8) is 0 Å². The minimum atomic E-state index is -0.401. The largest absolute Gasteiger partial charge is 0.302 e. The van der Waals surface area contributed by atoms with Crippen LogP contribution in [0.3, 0.4) is 0 Å². The molecule has 0 spiro atoms. The topological polar surface area (TPSA) is 20.3 Å². The number of aldehydes is 1. The summed E-state index contributed by atoms with van der Waals surface area (Å²) < 4.78 is 12.8. The van der Waals surface area contributed by atoms with Crippen LogP contribution in [0.15, 0.2) is 18.2 Å². The molecular formula is C11H13ClFNO. The third kappa shape index (κ3) is 3.98. The summed E-state index contributed by atoms with van der Waals surface area (Å²) >= 11 is 5.65. The number of hydrogen-bond acceptors (Lipinski definition) is 2. The van der Waals surface area contributed by atoms with Crippen molar-refractivity contribution in [2.75, 3.05) is 20.1 Å². The molecule has 1 rings (SSSR count). The molecule has 0 unspecified atom stereocenters. The van der Waals surface area contributed by atoms with Gasteiger partial charge in [-0.2, -0.15) is 0 Å². The summed E-state index contributed by atoms with van der Waals surface area (Å²) in [7, 11) is 1.86. The lowest BCUT2D eigenvalue weighted by Crippen LogP contribution is -2.23. The first-order chi connectivity index (χ1) is 7.13. The van der Waals surface area contributed by atoms with Crippen LogP contribution in [-0.2, 0) is 11.2 Å². The van der Waals surface area contributed by atoms with Gasteiger partial charge in [-0.25, -0.2) is 4.39 Å². The van der Waals surface area contributed by atoms with Gasteiger partial charge >= 0.3 is 0 Å². The molecule has 1 aromatic carbocycles. The fourth-order valence-electron chi connectivity index (χ4n) is 1.23. The molecule has 0 heterocycles. The number of benzene rings is 1. The Labute approximate surface area is 93.6 Å². The highest BCUT2D eigenvalue weighted by Crippen LogP contribution is 2.16. The van der Waals surface area contributed by atoms with Gasteiger partial charge in [0.15, 0.2) is 0 Å². The molecule has 82 valence electrons. The number of nitrogens with zero attached hydrogens (tertiary/aromatic N) is 1. The van der Waals surface area contributed by atoms with Crippen molar-refractivity contribution in [1.29, 1.82) is 0 Å². The van der Waals surface area contributed by atoms with E-state index in [0.717, 1.165) is 24.8 Å². The summed E-state index contributed by atoms with van der Waals surface area (Å²) in [6, 6.07) is 4.68. The lowest BCUT2D eigenvalue weighted by atomic mass is 10.1. The molecular weight excluding hydrogens is 217 g/mol. The van der Waals surface area contributed by atoms with Crippen LogP contribution in [-0.4, -0.2) is 31.3 Å². The zero-order valence-corrected chi connectivity index (χ0v) is 9.30. The van der Waals surface area contributed by atoms with Gasteiger partial charge in [0.2, 0.25) is 0 Å². The Balaban J connectivity index is 2.50. The van der Waals surface area contributed by atoms with Gasteiger partial charge in [0.25, 0.3) is 0 Å². The van der Waals surface area contributed by atoms with Crippen LogP contribution in [0.4, 0.5) is 4.39 Å². The van der Waals surface area contributed by atoms with Crippen molar-refractivity contribution in [2.24, 2.45) is 0 Å². The van der Waals surface area contributed by atoms with E-state index in [1.165, 1.54) is 6.07 Å². The molecule has 0 N–H and O–H groups in total. The summed E-state index contributed by atoms with van der Waals surface area (Å²) in [6.07, 6.45) is 1.61. The molecule has 0 aliphatic heterocycles. The van der Waals surface area contributed by atoms with Gasteiger partial charge in [-0.1, -0.05) is 17.7 Å². The van der Waals surface area contributed by atoms with Crippen molar-refractivity contribution < 1.29 is 9.18 Å². The maximum Gasteiger partial charge on any atom is 0.141 e. The second-order valence-electron chi connectivity index (χ2n) is 3.43. The molecule has 2 nitrogen and oxygen atoms in total. The smallest absolute Gasteiger partial charge is 0.141 e. The van der Waals surface area contributed by atoms with Gasteiger partial charge < -0.3 is 4.79 Å². The third-order valence-corrected chi connectivity index (χ3v) is 2.44. The zero-order valence-electron chi connectivity index (χ0n) is 8.54. The molecule has 0 aromatic heterocycles. The van der Waals surface area contributed by atoms with E-state index in [1.54, 1.807) is 12.1 Å². The van der Waals surface area contributed by atoms with E-state index in [1.807, 2.05) is 11.9 Å². The molecule has 0 aliphatic carbocycles. The van der Waals surface area contributed by atoms with Gasteiger partial charge in [0, 0.05) is 6.54 Å². The van der Waals surface area contributed by atoms with Crippen LogP contribution >= 0.6 is 11.6 Å². The minimum absolute atomic E-state index is 0.144. The van der Waals surface area contributed by atoms with Gasteiger partial charge in [-0.3, -0.25) is 4.90 Å². The molecule has 0 saturated carbocycles. The first-order valence-electron chi connectivity index (χ1n) is 4.69. The van der Waals surface area contributed by atoms with Gasteiger partial charge in [0.1, 0.15) is 12.1 Å². The normalized spacial score (nSPS) is 10.7. The second kappa shape index (κ2) is 5.83. The monoisotopic (exact) mass is 229 g/mol. The molecule has 0 bridgehead atoms. The Morgan fingerprint density at radius 1 is 1.53 bits per heavy atom. The Morgan fingerprint density at radius 3 is 2.87 bits per heavy atom. The van der Waals surface area contributed by atoms with E-state index in [9.17, 15) is 9.18 Å². The van der Waals surface area contributed by atoms with Gasteiger partial charge in [-0.05, 0) is 31.2 Å². The average Bonchev–Trinajstić information content (AvgIpc) is 2.20. The number of carbonyl (C=O) groups is 1. The van der Waals surface area contributed by atoms with Crippen LogP contribution < -0.4 is 0 Å². The van der Waals surface area contributed by atoms with Crippen LogP contribution in [0.1, 0.15) is 5.56 Å². The van der Waals surface area contributed by atoms with E-state index in [4.69, 9.17) is 11.6 Å². The first-order valence-corrected chi connectivity index (χ1v) is 5.07. The Hall–Kier alpha value is -0.930. The maximum absolute atomic E-state index is 12.8. The lowest BCUT2D eigenvalue weighted by molar-refractivity contribution is -0.108. The first kappa shape index (κ1) is 12.1. The van der Waals surface area contributed by atoms with Crippen molar-refractivity contribution in [3.8, 4) is 0 Å². The lowest BCUT2D eigenvalue weighted by Gasteiger charge is -2.12. The molecule has 4 heteroatoms. The minimum Gasteiger partial charge on any atom is -0.302 e.